The molecule has 1 amide bonds. The van der Waals surface area contributed by atoms with Gasteiger partial charge in [-0.05, 0) is 12.1 Å². The van der Waals surface area contributed by atoms with Crippen LogP contribution in [-0.4, -0.2) is 10.9 Å². The summed E-state index contributed by atoms with van der Waals surface area (Å²) in [4.78, 5) is 15.0. The predicted octanol–water partition coefficient (Wildman–Crippen LogP) is 2.93. The topological polar surface area (TPSA) is 56.0 Å². The minimum absolute atomic E-state index is 0.211. The molecule has 2 N–H and O–H groups in total. The summed E-state index contributed by atoms with van der Waals surface area (Å²) in [5, 5.41) is 0.329. The highest BCUT2D eigenvalue weighted by Crippen LogP contribution is 2.33. The van der Waals surface area contributed by atoms with Crippen LogP contribution in [0.5, 0.6) is 0 Å². The Hall–Kier alpha value is -1.89. The van der Waals surface area contributed by atoms with Crippen molar-refractivity contribution in [1.82, 2.24) is 4.98 Å². The predicted molar refractivity (Wildman–Crippen MR) is 61.1 cm³/mol. The molecule has 0 saturated carbocycles. The molecule has 7 heteroatoms. The third-order valence-electron chi connectivity index (χ3n) is 2.19. The highest BCUT2D eigenvalue weighted by Gasteiger charge is 2.30. The first kappa shape index (κ1) is 12.6. The molecule has 0 saturated heterocycles. The monoisotopic (exact) mass is 272 g/mol. The van der Waals surface area contributed by atoms with Gasteiger partial charge in [0.1, 0.15) is 9.88 Å². The van der Waals surface area contributed by atoms with Crippen LogP contribution in [0.15, 0.2) is 30.5 Å². The number of benzene rings is 1. The van der Waals surface area contributed by atoms with Gasteiger partial charge in [-0.1, -0.05) is 12.1 Å². The van der Waals surface area contributed by atoms with Crippen LogP contribution in [0, 0.1) is 0 Å². The van der Waals surface area contributed by atoms with E-state index in [4.69, 9.17) is 5.73 Å². The van der Waals surface area contributed by atoms with E-state index in [1.165, 1.54) is 18.3 Å². The van der Waals surface area contributed by atoms with Gasteiger partial charge in [0, 0.05) is 5.56 Å². The van der Waals surface area contributed by atoms with Gasteiger partial charge in [0.25, 0.3) is 5.91 Å². The van der Waals surface area contributed by atoms with Gasteiger partial charge in [0.2, 0.25) is 0 Å². The lowest BCUT2D eigenvalue weighted by atomic mass is 10.1. The summed E-state index contributed by atoms with van der Waals surface area (Å²) in [7, 11) is 0. The highest BCUT2D eigenvalue weighted by atomic mass is 32.1. The fourth-order valence-corrected chi connectivity index (χ4v) is 2.11. The Kier molecular flexibility index (Phi) is 3.08. The van der Waals surface area contributed by atoms with Crippen LogP contribution in [0.4, 0.5) is 13.2 Å². The van der Waals surface area contributed by atoms with Gasteiger partial charge in [-0.3, -0.25) is 4.79 Å². The number of aromatic nitrogens is 1. The molecular weight excluding hydrogens is 265 g/mol. The van der Waals surface area contributed by atoms with Gasteiger partial charge in [0.05, 0.1) is 11.8 Å². The molecule has 2 aromatic rings. The van der Waals surface area contributed by atoms with E-state index in [0.29, 0.717) is 10.6 Å². The maximum Gasteiger partial charge on any atom is 0.416 e. The van der Waals surface area contributed by atoms with Crippen LogP contribution in [0.25, 0.3) is 10.6 Å². The Morgan fingerprint density at radius 3 is 2.61 bits per heavy atom. The average molecular weight is 272 g/mol. The number of halogens is 3. The number of amides is 1. The van der Waals surface area contributed by atoms with Crippen molar-refractivity contribution in [3.05, 3.63) is 40.9 Å². The van der Waals surface area contributed by atoms with Crippen molar-refractivity contribution in [1.29, 1.82) is 0 Å². The molecule has 94 valence electrons. The summed E-state index contributed by atoms with van der Waals surface area (Å²) in [6.45, 7) is 0. The van der Waals surface area contributed by atoms with Crippen molar-refractivity contribution in [2.45, 2.75) is 6.18 Å². The van der Waals surface area contributed by atoms with Crippen LogP contribution in [0.1, 0.15) is 15.2 Å². The van der Waals surface area contributed by atoms with E-state index >= 15 is 0 Å². The van der Waals surface area contributed by atoms with Gasteiger partial charge in [-0.15, -0.1) is 11.3 Å². The molecule has 18 heavy (non-hydrogen) atoms. The number of carbonyl (C=O) groups excluding carboxylic acids is 1. The van der Waals surface area contributed by atoms with Crippen molar-refractivity contribution < 1.29 is 18.0 Å². The molecule has 0 fully saturated rings. The summed E-state index contributed by atoms with van der Waals surface area (Å²) in [5.41, 5.74) is 4.61. The normalized spacial score (nSPS) is 11.5. The molecule has 1 aromatic heterocycles. The number of nitrogens with zero attached hydrogens (tertiary/aromatic N) is 1. The molecule has 0 bridgehead atoms. The van der Waals surface area contributed by atoms with E-state index in [1.807, 2.05) is 0 Å². The Balaban J connectivity index is 2.41. The van der Waals surface area contributed by atoms with Gasteiger partial charge >= 0.3 is 6.18 Å². The Morgan fingerprint density at radius 1 is 1.33 bits per heavy atom. The van der Waals surface area contributed by atoms with Crippen molar-refractivity contribution in [2.75, 3.05) is 0 Å². The van der Waals surface area contributed by atoms with Crippen molar-refractivity contribution in [3.63, 3.8) is 0 Å². The van der Waals surface area contributed by atoms with Gasteiger partial charge in [0.15, 0.2) is 0 Å². The lowest BCUT2D eigenvalue weighted by Gasteiger charge is -2.07. The number of alkyl halides is 3. The van der Waals surface area contributed by atoms with Crippen LogP contribution >= 0.6 is 11.3 Å². The number of nitrogens with two attached hydrogens (primary N) is 1. The summed E-state index contributed by atoms with van der Waals surface area (Å²) in [6, 6.07) is 4.76. The molecule has 0 spiro atoms. The van der Waals surface area contributed by atoms with E-state index in [2.05, 4.69) is 4.98 Å². The van der Waals surface area contributed by atoms with E-state index < -0.39 is 17.6 Å². The highest BCUT2D eigenvalue weighted by molar-refractivity contribution is 7.16. The SMILES string of the molecule is NC(=O)c1cnc(-c2cccc(C(F)(F)F)c2)s1. The van der Waals surface area contributed by atoms with Crippen LogP contribution in [0.3, 0.4) is 0 Å². The zero-order valence-corrected chi connectivity index (χ0v) is 9.68. The fraction of sp³-hybridized carbons (Fsp3) is 0.0909. The van der Waals surface area contributed by atoms with Crippen LogP contribution in [0.2, 0.25) is 0 Å². The van der Waals surface area contributed by atoms with E-state index in [-0.39, 0.29) is 4.88 Å². The second-order valence-electron chi connectivity index (χ2n) is 3.47. The van der Waals surface area contributed by atoms with E-state index in [9.17, 15) is 18.0 Å². The molecule has 0 aliphatic heterocycles. The number of carbonyl (C=O) groups is 1. The number of rotatable bonds is 2. The smallest absolute Gasteiger partial charge is 0.365 e. The minimum atomic E-state index is -4.40. The van der Waals surface area contributed by atoms with Crippen molar-refractivity contribution >= 4 is 17.2 Å². The summed E-state index contributed by atoms with van der Waals surface area (Å²) in [5.74, 6) is -0.647. The summed E-state index contributed by atoms with van der Waals surface area (Å²) < 4.78 is 37.6. The third-order valence-corrected chi connectivity index (χ3v) is 3.25. The third kappa shape index (κ3) is 2.51. The van der Waals surface area contributed by atoms with Gasteiger partial charge < -0.3 is 5.73 Å². The van der Waals surface area contributed by atoms with Crippen LogP contribution in [-0.2, 0) is 6.18 Å². The van der Waals surface area contributed by atoms with E-state index in [1.54, 1.807) is 0 Å². The number of hydrogen-bond acceptors (Lipinski definition) is 3. The molecule has 3 nitrogen and oxygen atoms in total. The molecule has 1 heterocycles. The van der Waals surface area contributed by atoms with Crippen molar-refractivity contribution in [2.24, 2.45) is 5.73 Å². The summed E-state index contributed by atoms with van der Waals surface area (Å²) in [6.07, 6.45) is -3.15. The van der Waals surface area contributed by atoms with Gasteiger partial charge in [-0.2, -0.15) is 13.2 Å². The molecule has 2 rings (SSSR count). The molecule has 1 aromatic carbocycles. The zero-order valence-electron chi connectivity index (χ0n) is 8.86. The second-order valence-corrected chi connectivity index (χ2v) is 4.50. The molecule has 0 unspecified atom stereocenters. The lowest BCUT2D eigenvalue weighted by molar-refractivity contribution is -0.137. The van der Waals surface area contributed by atoms with E-state index in [0.717, 1.165) is 23.5 Å². The minimum Gasteiger partial charge on any atom is -0.365 e. The Labute approximate surface area is 104 Å². The lowest BCUT2D eigenvalue weighted by Crippen LogP contribution is -2.08. The Bertz CT molecular complexity index is 592. The molecule has 0 radical (unpaired) electrons. The maximum atomic E-state index is 12.5. The molecule has 0 aliphatic rings. The quantitative estimate of drug-likeness (QED) is 0.913. The fourth-order valence-electron chi connectivity index (χ4n) is 1.35. The first-order chi connectivity index (χ1) is 8.38. The Morgan fingerprint density at radius 2 is 2.06 bits per heavy atom. The molecular formula is C11H7F3N2OS. The van der Waals surface area contributed by atoms with Crippen LogP contribution < -0.4 is 5.73 Å². The van der Waals surface area contributed by atoms with Gasteiger partial charge in [-0.25, -0.2) is 4.98 Å². The summed E-state index contributed by atoms with van der Waals surface area (Å²) >= 11 is 0.960. The van der Waals surface area contributed by atoms with Crippen molar-refractivity contribution in [3.8, 4) is 10.6 Å². The zero-order chi connectivity index (χ0) is 13.3. The number of thiazole rings is 1. The largest absolute Gasteiger partial charge is 0.416 e. The second kappa shape index (κ2) is 4.41. The maximum absolute atomic E-state index is 12.5. The standard InChI is InChI=1S/C11H7F3N2OS/c12-11(13,14)7-3-1-2-6(4-7)10-16-5-8(18-10)9(15)17/h1-5H,(H2,15,17). The number of hydrogen-bond donors (Lipinski definition) is 1. The molecule has 0 atom stereocenters. The first-order valence-electron chi connectivity index (χ1n) is 4.81. The molecule has 0 aliphatic carbocycles. The number of primary amides is 1. The average Bonchev–Trinajstić information content (AvgIpc) is 2.77. The first-order valence-corrected chi connectivity index (χ1v) is 5.63.